The first-order valence-corrected chi connectivity index (χ1v) is 4.56. The Morgan fingerprint density at radius 2 is 1.90 bits per heavy atom. The Morgan fingerprint density at radius 3 is 2.20 bits per heavy atom. The van der Waals surface area contributed by atoms with E-state index in [1.165, 1.54) is 0 Å². The number of hydrogen-bond acceptors (Lipinski definition) is 1. The number of nitrogens with two attached hydrogens (primary N) is 1. The third kappa shape index (κ3) is 2.93. The van der Waals surface area contributed by atoms with Gasteiger partial charge in [0.1, 0.15) is 0 Å². The number of rotatable bonds is 1. The summed E-state index contributed by atoms with van der Waals surface area (Å²) in [4.78, 5) is 8.67. The van der Waals surface area contributed by atoms with Gasteiger partial charge in [-0.2, -0.15) is 4.89 Å². The van der Waals surface area contributed by atoms with Crippen LogP contribution in [-0.2, 0) is 4.57 Å². The van der Waals surface area contributed by atoms with Crippen LogP contribution >= 0.6 is 8.03 Å². The van der Waals surface area contributed by atoms with Gasteiger partial charge in [0, 0.05) is 12.8 Å². The second-order valence-electron chi connectivity index (χ2n) is 2.40. The minimum atomic E-state index is -1.89. The van der Waals surface area contributed by atoms with Crippen LogP contribution < -0.4 is 17.7 Å². The molecule has 0 amide bonds. The van der Waals surface area contributed by atoms with Crippen molar-refractivity contribution in [1.29, 1.82) is 0 Å². The molecule has 0 spiro atoms. The summed E-state index contributed by atoms with van der Waals surface area (Å²) in [6.07, 6.45) is 1.82. The lowest BCUT2D eigenvalue weighted by atomic mass is 10.2. The second-order valence-corrected chi connectivity index (χ2v) is 3.74. The summed E-state index contributed by atoms with van der Waals surface area (Å²) in [5, 5.41) is 2.19. The van der Waals surface area contributed by atoms with Gasteiger partial charge in [-0.3, -0.25) is 0 Å². The quantitative estimate of drug-likeness (QED) is 0.415. The second kappa shape index (κ2) is 5.03. The highest BCUT2D eigenvalue weighted by Gasteiger charge is 2.31. The van der Waals surface area contributed by atoms with Crippen LogP contribution in [0.3, 0.4) is 0 Å². The Bertz CT molecular complexity index is 116. The molecule has 1 atom stereocenters. The highest BCUT2D eigenvalue weighted by molar-refractivity contribution is 7.38. The zero-order valence-corrected chi connectivity index (χ0v) is 7.31. The van der Waals surface area contributed by atoms with Gasteiger partial charge >= 0.3 is 8.03 Å². The molecular formula is C5H12ClNO2P+. The smallest absolute Gasteiger partial charge is 0.509 e. The summed E-state index contributed by atoms with van der Waals surface area (Å²) in [5.41, 5.74) is 0.0880. The molecule has 5 heteroatoms. The van der Waals surface area contributed by atoms with E-state index < -0.39 is 8.03 Å². The molecule has 0 saturated carbocycles. The Balaban J connectivity index is 0.000000810. The molecule has 3 N–H and O–H groups in total. The van der Waals surface area contributed by atoms with E-state index in [-0.39, 0.29) is 18.1 Å². The molecule has 0 radical (unpaired) electrons. The minimum absolute atomic E-state index is 0. The monoisotopic (exact) mass is 184 g/mol. The fourth-order valence-corrected chi connectivity index (χ4v) is 1.87. The van der Waals surface area contributed by atoms with Crippen LogP contribution in [0, 0.1) is 0 Å². The van der Waals surface area contributed by atoms with Crippen molar-refractivity contribution in [3.05, 3.63) is 0 Å². The minimum Gasteiger partial charge on any atom is -1.00 e. The molecule has 0 aromatic rings. The Labute approximate surface area is 67.5 Å². The fourth-order valence-electron chi connectivity index (χ4n) is 1.13. The maximum absolute atomic E-state index is 10.5. The lowest BCUT2D eigenvalue weighted by Gasteiger charge is -2.09. The van der Waals surface area contributed by atoms with Crippen molar-refractivity contribution in [1.82, 2.24) is 0 Å². The van der Waals surface area contributed by atoms with E-state index in [1.54, 1.807) is 0 Å². The Morgan fingerprint density at radius 1 is 1.40 bits per heavy atom. The molecule has 1 fully saturated rings. The van der Waals surface area contributed by atoms with E-state index in [0.717, 1.165) is 25.9 Å². The molecule has 1 saturated heterocycles. The molecule has 1 heterocycles. The van der Waals surface area contributed by atoms with Gasteiger partial charge in [0.05, 0.1) is 13.1 Å². The van der Waals surface area contributed by atoms with Crippen molar-refractivity contribution in [3.8, 4) is 0 Å². The average molecular weight is 185 g/mol. The van der Waals surface area contributed by atoms with Crippen molar-refractivity contribution in [3.63, 3.8) is 0 Å². The highest BCUT2D eigenvalue weighted by atomic mass is 35.5. The molecule has 0 bridgehead atoms. The summed E-state index contributed by atoms with van der Waals surface area (Å²) in [6.45, 7) is 2.04. The van der Waals surface area contributed by atoms with E-state index >= 15 is 0 Å². The summed E-state index contributed by atoms with van der Waals surface area (Å²) in [5.74, 6) is 0. The van der Waals surface area contributed by atoms with Crippen molar-refractivity contribution < 1.29 is 27.2 Å². The summed E-state index contributed by atoms with van der Waals surface area (Å²) in [7, 11) is -1.89. The van der Waals surface area contributed by atoms with Crippen LogP contribution in [0.2, 0.25) is 0 Å². The lowest BCUT2D eigenvalue weighted by molar-refractivity contribution is -0.661. The van der Waals surface area contributed by atoms with Crippen LogP contribution in [-0.4, -0.2) is 23.6 Å². The Kier molecular flexibility index (Phi) is 5.18. The molecule has 0 aromatic heterocycles. The maximum Gasteiger partial charge on any atom is 0.509 e. The van der Waals surface area contributed by atoms with Crippen LogP contribution in [0.4, 0.5) is 0 Å². The van der Waals surface area contributed by atoms with Gasteiger partial charge in [-0.15, -0.1) is 0 Å². The first-order valence-electron chi connectivity index (χ1n) is 3.27. The van der Waals surface area contributed by atoms with Gasteiger partial charge in [-0.05, 0) is 4.57 Å². The highest BCUT2D eigenvalue weighted by Crippen LogP contribution is 2.27. The van der Waals surface area contributed by atoms with Gasteiger partial charge in [-0.25, -0.2) is 0 Å². The Hall–Kier alpha value is 0.310. The summed E-state index contributed by atoms with van der Waals surface area (Å²) in [6, 6.07) is 0. The molecule has 0 aliphatic carbocycles. The largest absolute Gasteiger partial charge is 1.00 e. The van der Waals surface area contributed by atoms with Crippen molar-refractivity contribution in [2.24, 2.45) is 0 Å². The van der Waals surface area contributed by atoms with Crippen molar-refractivity contribution >= 4 is 8.03 Å². The van der Waals surface area contributed by atoms with Gasteiger partial charge in [0.25, 0.3) is 0 Å². The van der Waals surface area contributed by atoms with E-state index in [4.69, 9.17) is 4.89 Å². The predicted molar refractivity (Wildman–Crippen MR) is 34.5 cm³/mol. The normalized spacial score (nSPS) is 21.5. The van der Waals surface area contributed by atoms with Gasteiger partial charge in [0.15, 0.2) is 5.66 Å². The van der Waals surface area contributed by atoms with E-state index in [1.807, 2.05) is 0 Å². The molecule has 1 rings (SSSR count). The SMILES string of the molecule is O=[P+](O)C1CC[NH2+]CC1.[Cl-]. The zero-order valence-electron chi connectivity index (χ0n) is 5.66. The fraction of sp³-hybridized carbons (Fsp3) is 1.00. The first kappa shape index (κ1) is 10.3. The van der Waals surface area contributed by atoms with Gasteiger partial charge in [0.2, 0.25) is 0 Å². The molecular weight excluding hydrogens is 172 g/mol. The number of hydrogen-bond donors (Lipinski definition) is 2. The predicted octanol–water partition coefficient (Wildman–Crippen LogP) is -3.55. The summed E-state index contributed by atoms with van der Waals surface area (Å²) < 4.78 is 10.5. The van der Waals surface area contributed by atoms with E-state index in [9.17, 15) is 4.57 Å². The third-order valence-electron chi connectivity index (χ3n) is 1.72. The molecule has 60 valence electrons. The maximum atomic E-state index is 10.5. The molecule has 1 unspecified atom stereocenters. The van der Waals surface area contributed by atoms with E-state index in [2.05, 4.69) is 5.32 Å². The number of halogens is 1. The van der Waals surface area contributed by atoms with Gasteiger partial charge in [-0.1, -0.05) is 0 Å². The summed E-state index contributed by atoms with van der Waals surface area (Å²) >= 11 is 0. The van der Waals surface area contributed by atoms with Crippen LogP contribution in [0.25, 0.3) is 0 Å². The van der Waals surface area contributed by atoms with Crippen molar-refractivity contribution in [2.45, 2.75) is 18.5 Å². The molecule has 3 nitrogen and oxygen atoms in total. The lowest BCUT2D eigenvalue weighted by Crippen LogP contribution is -3.00. The van der Waals surface area contributed by atoms with Crippen LogP contribution in [0.15, 0.2) is 0 Å². The van der Waals surface area contributed by atoms with Gasteiger partial charge < -0.3 is 17.7 Å². The molecule has 10 heavy (non-hydrogen) atoms. The average Bonchev–Trinajstić information content (AvgIpc) is 1.90. The molecule has 1 aliphatic heterocycles. The molecule has 0 aromatic carbocycles. The zero-order chi connectivity index (χ0) is 6.69. The number of piperidine rings is 1. The topological polar surface area (TPSA) is 53.9 Å². The van der Waals surface area contributed by atoms with Crippen molar-refractivity contribution in [2.75, 3.05) is 13.1 Å². The van der Waals surface area contributed by atoms with E-state index in [0.29, 0.717) is 0 Å². The number of quaternary nitrogens is 1. The molecule has 1 aliphatic rings. The van der Waals surface area contributed by atoms with Crippen LogP contribution in [0.5, 0.6) is 0 Å². The standard InChI is InChI=1S/C5H10NO2P.ClH/c7-9(8)5-1-3-6-4-2-5;/h5-6H,1-4H2;1H/p+1. The first-order chi connectivity index (χ1) is 4.30. The third-order valence-corrected chi connectivity index (χ3v) is 2.86. The van der Waals surface area contributed by atoms with Crippen LogP contribution in [0.1, 0.15) is 12.8 Å².